The van der Waals surface area contributed by atoms with Crippen LogP contribution in [0.25, 0.3) is 10.9 Å². The van der Waals surface area contributed by atoms with E-state index in [-0.39, 0.29) is 12.6 Å². The number of urea groups is 1. The molecule has 0 aliphatic carbocycles. The number of hydrogen-bond donors (Lipinski definition) is 4. The summed E-state index contributed by atoms with van der Waals surface area (Å²) in [5, 5.41) is 18.6. The fourth-order valence-electron chi connectivity index (χ4n) is 3.36. The number of amides is 2. The average molecular weight is 517 g/mol. The van der Waals surface area contributed by atoms with E-state index in [9.17, 15) is 4.79 Å². The molecule has 0 spiro atoms. The summed E-state index contributed by atoms with van der Waals surface area (Å²) in [6, 6.07) is 10.1. The second kappa shape index (κ2) is 13.7. The molecule has 0 bridgehead atoms. The van der Waals surface area contributed by atoms with Crippen molar-refractivity contribution in [2.75, 3.05) is 45.3 Å². The van der Waals surface area contributed by atoms with Gasteiger partial charge in [0.05, 0.1) is 29.9 Å². The molecule has 0 atom stereocenters. The van der Waals surface area contributed by atoms with E-state index in [1.54, 1.807) is 43.6 Å². The highest BCUT2D eigenvalue weighted by Crippen LogP contribution is 2.38. The molecule has 2 amide bonds. The van der Waals surface area contributed by atoms with E-state index in [4.69, 9.17) is 30.9 Å². The Kier molecular flexibility index (Phi) is 10.4. The molecule has 194 valence electrons. The summed E-state index contributed by atoms with van der Waals surface area (Å²) in [5.41, 5.74) is 1.16. The zero-order valence-corrected chi connectivity index (χ0v) is 21.5. The lowest BCUT2D eigenvalue weighted by Crippen LogP contribution is -2.30. The monoisotopic (exact) mass is 516 g/mol. The first kappa shape index (κ1) is 27.3. The third-order valence-corrected chi connectivity index (χ3v) is 5.55. The Balaban J connectivity index is 1.71. The number of hydrogen-bond acceptors (Lipinski definition) is 7. The number of aliphatic hydroxyl groups excluding tert-OH is 1. The number of anilines is 1. The second-order valence-electron chi connectivity index (χ2n) is 8.46. The van der Waals surface area contributed by atoms with Crippen LogP contribution in [0.15, 0.2) is 42.6 Å². The summed E-state index contributed by atoms with van der Waals surface area (Å²) < 4.78 is 17.4. The Hall–Kier alpha value is -3.27. The molecule has 2 aromatic carbocycles. The van der Waals surface area contributed by atoms with Crippen LogP contribution in [0.3, 0.4) is 0 Å². The molecule has 10 heteroatoms. The Morgan fingerprint density at radius 2 is 1.92 bits per heavy atom. The quantitative estimate of drug-likeness (QED) is 0.241. The Bertz CT molecular complexity index is 1160. The standard InChI is InChI=1S/C26H33ClN4O5/c1-17(2)6-8-30-26(33)31-21-5-4-18(14-20(21)27)36-23-7-9-29-22-16-25(24(34-3)15-19(22)23)35-13-11-28-10-12-32/h4-5,7,9,14-17,28,32H,6,8,10-13H2,1-3H3,(H2,30,31,33). The van der Waals surface area contributed by atoms with E-state index in [0.29, 0.717) is 71.4 Å². The van der Waals surface area contributed by atoms with Crippen LogP contribution in [0.1, 0.15) is 20.3 Å². The highest BCUT2D eigenvalue weighted by molar-refractivity contribution is 6.33. The van der Waals surface area contributed by atoms with E-state index in [1.807, 2.05) is 6.07 Å². The topological polar surface area (TPSA) is 114 Å². The first-order valence-electron chi connectivity index (χ1n) is 11.8. The second-order valence-corrected chi connectivity index (χ2v) is 8.87. The van der Waals surface area contributed by atoms with Crippen molar-refractivity contribution in [2.45, 2.75) is 20.3 Å². The van der Waals surface area contributed by atoms with Gasteiger partial charge >= 0.3 is 6.03 Å². The van der Waals surface area contributed by atoms with Crippen molar-refractivity contribution in [3.05, 3.63) is 47.6 Å². The van der Waals surface area contributed by atoms with Gasteiger partial charge in [0.1, 0.15) is 18.1 Å². The lowest BCUT2D eigenvalue weighted by molar-refractivity contribution is 0.251. The largest absolute Gasteiger partial charge is 0.493 e. The molecular formula is C26H33ClN4O5. The number of pyridine rings is 1. The number of halogens is 1. The molecule has 1 heterocycles. The predicted molar refractivity (Wildman–Crippen MR) is 142 cm³/mol. The zero-order valence-electron chi connectivity index (χ0n) is 20.8. The van der Waals surface area contributed by atoms with Gasteiger partial charge in [-0.3, -0.25) is 4.98 Å². The van der Waals surface area contributed by atoms with Gasteiger partial charge in [-0.15, -0.1) is 0 Å². The molecule has 0 unspecified atom stereocenters. The summed E-state index contributed by atoms with van der Waals surface area (Å²) in [6.45, 7) is 6.37. The highest BCUT2D eigenvalue weighted by atomic mass is 35.5. The fourth-order valence-corrected chi connectivity index (χ4v) is 3.57. The van der Waals surface area contributed by atoms with E-state index >= 15 is 0 Å². The Morgan fingerprint density at radius 1 is 1.08 bits per heavy atom. The maximum atomic E-state index is 12.1. The van der Waals surface area contributed by atoms with E-state index < -0.39 is 0 Å². The zero-order chi connectivity index (χ0) is 25.9. The number of carbonyl (C=O) groups excluding carboxylic acids is 1. The summed E-state index contributed by atoms with van der Waals surface area (Å²) >= 11 is 6.40. The molecule has 9 nitrogen and oxygen atoms in total. The average Bonchev–Trinajstić information content (AvgIpc) is 2.85. The number of aromatic nitrogens is 1. The normalized spacial score (nSPS) is 10.9. The number of ether oxygens (including phenoxy) is 3. The van der Waals surface area contributed by atoms with Gasteiger partial charge in [-0.1, -0.05) is 25.4 Å². The third-order valence-electron chi connectivity index (χ3n) is 5.24. The lowest BCUT2D eigenvalue weighted by atomic mass is 10.1. The van der Waals surface area contributed by atoms with Crippen LogP contribution in [0.4, 0.5) is 10.5 Å². The molecule has 0 saturated heterocycles. The summed E-state index contributed by atoms with van der Waals surface area (Å²) in [6.07, 6.45) is 2.55. The van der Waals surface area contributed by atoms with Crippen LogP contribution >= 0.6 is 11.6 Å². The number of aliphatic hydroxyl groups is 1. The number of carbonyl (C=O) groups is 1. The molecule has 0 radical (unpaired) electrons. The molecule has 0 aliphatic rings. The third kappa shape index (κ3) is 7.87. The van der Waals surface area contributed by atoms with Gasteiger partial charge in [0.2, 0.25) is 0 Å². The highest BCUT2D eigenvalue weighted by Gasteiger charge is 2.13. The van der Waals surface area contributed by atoms with Crippen LogP contribution in [0.5, 0.6) is 23.0 Å². The lowest BCUT2D eigenvalue weighted by Gasteiger charge is -2.15. The SMILES string of the molecule is COc1cc2c(Oc3ccc(NC(=O)NCCC(C)C)c(Cl)c3)ccnc2cc1OCCNCCO. The predicted octanol–water partition coefficient (Wildman–Crippen LogP) is 4.82. The van der Waals surface area contributed by atoms with Gasteiger partial charge in [-0.2, -0.15) is 0 Å². The first-order chi connectivity index (χ1) is 17.4. The van der Waals surface area contributed by atoms with E-state index in [2.05, 4.69) is 34.8 Å². The van der Waals surface area contributed by atoms with Crippen molar-refractivity contribution in [1.82, 2.24) is 15.6 Å². The van der Waals surface area contributed by atoms with E-state index in [1.165, 1.54) is 0 Å². The number of methoxy groups -OCH3 is 1. The number of nitrogens with one attached hydrogen (secondary N) is 3. The van der Waals surface area contributed by atoms with Crippen molar-refractivity contribution >= 4 is 34.2 Å². The van der Waals surface area contributed by atoms with Gasteiger partial charge in [0, 0.05) is 43.4 Å². The summed E-state index contributed by atoms with van der Waals surface area (Å²) in [5.74, 6) is 2.69. The van der Waals surface area contributed by atoms with Crippen molar-refractivity contribution < 1.29 is 24.1 Å². The maximum Gasteiger partial charge on any atom is 0.319 e. The number of benzene rings is 2. The summed E-state index contributed by atoms with van der Waals surface area (Å²) in [4.78, 5) is 16.5. The molecular weight excluding hydrogens is 484 g/mol. The minimum Gasteiger partial charge on any atom is -0.493 e. The van der Waals surface area contributed by atoms with Crippen LogP contribution in [-0.4, -0.2) is 56.1 Å². The Morgan fingerprint density at radius 3 is 2.64 bits per heavy atom. The number of nitrogens with zero attached hydrogens (tertiary/aromatic N) is 1. The fraction of sp³-hybridized carbons (Fsp3) is 0.385. The number of rotatable bonds is 13. The minimum atomic E-state index is -0.305. The van der Waals surface area contributed by atoms with Crippen LogP contribution < -0.4 is 30.2 Å². The van der Waals surface area contributed by atoms with Crippen molar-refractivity contribution in [1.29, 1.82) is 0 Å². The van der Waals surface area contributed by atoms with Crippen LogP contribution in [-0.2, 0) is 0 Å². The molecule has 0 fully saturated rings. The number of fused-ring (bicyclic) bond motifs is 1. The molecule has 36 heavy (non-hydrogen) atoms. The smallest absolute Gasteiger partial charge is 0.319 e. The van der Waals surface area contributed by atoms with Crippen molar-refractivity contribution in [3.8, 4) is 23.0 Å². The first-order valence-corrected chi connectivity index (χ1v) is 12.2. The maximum absolute atomic E-state index is 12.1. The molecule has 4 N–H and O–H groups in total. The molecule has 3 rings (SSSR count). The van der Waals surface area contributed by atoms with Gasteiger partial charge in [0.15, 0.2) is 11.5 Å². The van der Waals surface area contributed by atoms with Gasteiger partial charge in [0.25, 0.3) is 0 Å². The minimum absolute atomic E-state index is 0.0736. The van der Waals surface area contributed by atoms with Crippen molar-refractivity contribution in [2.24, 2.45) is 5.92 Å². The van der Waals surface area contributed by atoms with Crippen molar-refractivity contribution in [3.63, 3.8) is 0 Å². The Labute approximate surface area is 216 Å². The van der Waals surface area contributed by atoms with Crippen LogP contribution in [0, 0.1) is 5.92 Å². The molecule has 3 aromatic rings. The molecule has 0 aliphatic heterocycles. The molecule has 1 aromatic heterocycles. The van der Waals surface area contributed by atoms with Gasteiger partial charge in [-0.25, -0.2) is 4.79 Å². The summed E-state index contributed by atoms with van der Waals surface area (Å²) in [7, 11) is 1.57. The van der Waals surface area contributed by atoms with Gasteiger partial charge < -0.3 is 35.3 Å². The van der Waals surface area contributed by atoms with Gasteiger partial charge in [-0.05, 0) is 36.6 Å². The molecule has 0 saturated carbocycles. The van der Waals surface area contributed by atoms with E-state index in [0.717, 1.165) is 11.8 Å². The van der Waals surface area contributed by atoms with Crippen LogP contribution in [0.2, 0.25) is 5.02 Å².